The zero-order chi connectivity index (χ0) is 17.4. The van der Waals surface area contributed by atoms with Crippen molar-refractivity contribution < 1.29 is 9.59 Å². The summed E-state index contributed by atoms with van der Waals surface area (Å²) in [5.41, 5.74) is 0.802. The Morgan fingerprint density at radius 2 is 1.83 bits per heavy atom. The molecule has 5 heteroatoms. The van der Waals surface area contributed by atoms with Gasteiger partial charge in [-0.25, -0.2) is 0 Å². The second-order valence-electron chi connectivity index (χ2n) is 6.44. The van der Waals surface area contributed by atoms with Crippen LogP contribution in [0.1, 0.15) is 51.9 Å². The van der Waals surface area contributed by atoms with Crippen LogP contribution < -0.4 is 10.2 Å². The molecular formula is C19H27ClN2O2. The molecule has 1 aliphatic heterocycles. The van der Waals surface area contributed by atoms with E-state index in [4.69, 9.17) is 11.6 Å². The Morgan fingerprint density at radius 1 is 1.17 bits per heavy atom. The Kier molecular flexibility index (Phi) is 7.57. The Hall–Kier alpha value is -1.55. The highest BCUT2D eigenvalue weighted by atomic mass is 35.5. The molecule has 1 saturated heterocycles. The van der Waals surface area contributed by atoms with Crippen LogP contribution in [0.25, 0.3) is 0 Å². The monoisotopic (exact) mass is 350 g/mol. The molecule has 2 amide bonds. The maximum absolute atomic E-state index is 12.2. The third-order valence-electron chi connectivity index (χ3n) is 4.46. The van der Waals surface area contributed by atoms with Gasteiger partial charge in [0.25, 0.3) is 0 Å². The van der Waals surface area contributed by atoms with Crippen molar-refractivity contribution in [3.63, 3.8) is 0 Å². The quantitative estimate of drug-likeness (QED) is 0.679. The number of carbonyl (C=O) groups is 2. The maximum atomic E-state index is 12.2. The number of halogens is 1. The number of anilines is 1. The summed E-state index contributed by atoms with van der Waals surface area (Å²) in [5, 5.41) is 3.62. The number of rotatable bonds is 9. The predicted octanol–water partition coefficient (Wildman–Crippen LogP) is 4.17. The molecule has 1 heterocycles. The van der Waals surface area contributed by atoms with Crippen molar-refractivity contribution in [2.45, 2.75) is 51.9 Å². The number of hydrogen-bond acceptors (Lipinski definition) is 2. The van der Waals surface area contributed by atoms with E-state index in [2.05, 4.69) is 12.2 Å². The van der Waals surface area contributed by atoms with E-state index in [1.165, 1.54) is 25.7 Å². The zero-order valence-corrected chi connectivity index (χ0v) is 15.1. The normalized spacial score (nSPS) is 17.3. The van der Waals surface area contributed by atoms with Gasteiger partial charge in [-0.05, 0) is 30.7 Å². The molecule has 1 atom stereocenters. The lowest BCUT2D eigenvalue weighted by atomic mass is 10.1. The van der Waals surface area contributed by atoms with Gasteiger partial charge in [0, 0.05) is 30.2 Å². The van der Waals surface area contributed by atoms with Crippen molar-refractivity contribution in [1.82, 2.24) is 5.32 Å². The van der Waals surface area contributed by atoms with Gasteiger partial charge in [-0.1, -0.05) is 50.6 Å². The first-order valence-corrected chi connectivity index (χ1v) is 9.33. The van der Waals surface area contributed by atoms with Crippen molar-refractivity contribution >= 4 is 29.1 Å². The van der Waals surface area contributed by atoms with Gasteiger partial charge in [-0.3, -0.25) is 9.59 Å². The second kappa shape index (κ2) is 9.67. The fourth-order valence-electron chi connectivity index (χ4n) is 3.02. The Morgan fingerprint density at radius 3 is 2.54 bits per heavy atom. The Bertz CT molecular complexity index is 545. The minimum absolute atomic E-state index is 0.00274. The summed E-state index contributed by atoms with van der Waals surface area (Å²) in [4.78, 5) is 26.1. The first-order valence-electron chi connectivity index (χ1n) is 8.95. The van der Waals surface area contributed by atoms with Crippen molar-refractivity contribution in [1.29, 1.82) is 0 Å². The van der Waals surface area contributed by atoms with E-state index < -0.39 is 0 Å². The SMILES string of the molecule is CCCCCCCCNC(=O)C1CC(=O)N(c2ccc(Cl)cc2)C1. The third-order valence-corrected chi connectivity index (χ3v) is 4.72. The van der Waals surface area contributed by atoms with Gasteiger partial charge < -0.3 is 10.2 Å². The molecule has 0 saturated carbocycles. The number of amides is 2. The Labute approximate surface area is 149 Å². The molecule has 0 aromatic heterocycles. The predicted molar refractivity (Wildman–Crippen MR) is 98.3 cm³/mol. The highest BCUT2D eigenvalue weighted by Crippen LogP contribution is 2.26. The highest BCUT2D eigenvalue weighted by molar-refractivity contribution is 6.30. The molecular weight excluding hydrogens is 324 g/mol. The topological polar surface area (TPSA) is 49.4 Å². The smallest absolute Gasteiger partial charge is 0.227 e. The summed E-state index contributed by atoms with van der Waals surface area (Å²) in [6, 6.07) is 7.15. The summed E-state index contributed by atoms with van der Waals surface area (Å²) in [7, 11) is 0. The van der Waals surface area contributed by atoms with Gasteiger partial charge in [0.05, 0.1) is 5.92 Å². The van der Waals surface area contributed by atoms with Gasteiger partial charge in [0.2, 0.25) is 11.8 Å². The summed E-state index contributed by atoms with van der Waals surface area (Å²) < 4.78 is 0. The van der Waals surface area contributed by atoms with E-state index >= 15 is 0 Å². The van der Waals surface area contributed by atoms with Gasteiger partial charge in [0.15, 0.2) is 0 Å². The molecule has 1 aliphatic rings. The summed E-state index contributed by atoms with van der Waals surface area (Å²) in [5.74, 6) is -0.265. The van der Waals surface area contributed by atoms with E-state index in [0.717, 1.165) is 18.5 Å². The maximum Gasteiger partial charge on any atom is 0.227 e. The fraction of sp³-hybridized carbons (Fsp3) is 0.579. The minimum atomic E-state index is -0.256. The largest absolute Gasteiger partial charge is 0.356 e. The lowest BCUT2D eigenvalue weighted by molar-refractivity contribution is -0.126. The third kappa shape index (κ3) is 5.52. The number of carbonyl (C=O) groups excluding carboxylic acids is 2. The number of benzene rings is 1. The first kappa shape index (κ1) is 18.8. The van der Waals surface area contributed by atoms with E-state index in [-0.39, 0.29) is 24.2 Å². The van der Waals surface area contributed by atoms with Crippen LogP contribution >= 0.6 is 11.6 Å². The van der Waals surface area contributed by atoms with Crippen molar-refractivity contribution in [2.75, 3.05) is 18.0 Å². The van der Waals surface area contributed by atoms with Gasteiger partial charge >= 0.3 is 0 Å². The molecule has 1 aromatic carbocycles. The van der Waals surface area contributed by atoms with Crippen LogP contribution in [0, 0.1) is 5.92 Å². The summed E-state index contributed by atoms with van der Waals surface area (Å²) in [6.07, 6.45) is 7.49. The molecule has 24 heavy (non-hydrogen) atoms. The van der Waals surface area contributed by atoms with E-state index in [0.29, 0.717) is 18.1 Å². The van der Waals surface area contributed by atoms with Gasteiger partial charge in [-0.15, -0.1) is 0 Å². The molecule has 0 bridgehead atoms. The van der Waals surface area contributed by atoms with E-state index in [1.807, 2.05) is 12.1 Å². The molecule has 0 aliphatic carbocycles. The average molecular weight is 351 g/mol. The van der Waals surface area contributed by atoms with Gasteiger partial charge in [0.1, 0.15) is 0 Å². The number of nitrogens with one attached hydrogen (secondary N) is 1. The molecule has 2 rings (SSSR count). The lowest BCUT2D eigenvalue weighted by Crippen LogP contribution is -2.33. The van der Waals surface area contributed by atoms with Crippen LogP contribution in [0.4, 0.5) is 5.69 Å². The Balaban J connectivity index is 1.72. The molecule has 0 spiro atoms. The molecule has 1 N–H and O–H groups in total. The molecule has 1 aromatic rings. The first-order chi connectivity index (χ1) is 11.6. The number of unbranched alkanes of at least 4 members (excludes halogenated alkanes) is 5. The van der Waals surface area contributed by atoms with Crippen LogP contribution in [0.15, 0.2) is 24.3 Å². The van der Waals surface area contributed by atoms with E-state index in [9.17, 15) is 9.59 Å². The average Bonchev–Trinajstić information content (AvgIpc) is 2.96. The second-order valence-corrected chi connectivity index (χ2v) is 6.88. The standard InChI is InChI=1S/C19H27ClN2O2/c1-2-3-4-5-6-7-12-21-19(24)15-13-18(23)22(14-15)17-10-8-16(20)9-11-17/h8-11,15H,2-7,12-14H2,1H3,(H,21,24). The zero-order valence-electron chi connectivity index (χ0n) is 14.4. The molecule has 1 fully saturated rings. The van der Waals surface area contributed by atoms with Crippen LogP contribution in [-0.2, 0) is 9.59 Å². The molecule has 4 nitrogen and oxygen atoms in total. The van der Waals surface area contributed by atoms with Crippen LogP contribution in [-0.4, -0.2) is 24.9 Å². The van der Waals surface area contributed by atoms with Crippen molar-refractivity contribution in [3.05, 3.63) is 29.3 Å². The van der Waals surface area contributed by atoms with Crippen molar-refractivity contribution in [3.8, 4) is 0 Å². The number of hydrogen-bond donors (Lipinski definition) is 1. The van der Waals surface area contributed by atoms with Crippen LogP contribution in [0.2, 0.25) is 5.02 Å². The highest BCUT2D eigenvalue weighted by Gasteiger charge is 2.34. The van der Waals surface area contributed by atoms with Gasteiger partial charge in [-0.2, -0.15) is 0 Å². The fourth-order valence-corrected chi connectivity index (χ4v) is 3.14. The number of nitrogens with zero attached hydrogens (tertiary/aromatic N) is 1. The van der Waals surface area contributed by atoms with Crippen LogP contribution in [0.5, 0.6) is 0 Å². The summed E-state index contributed by atoms with van der Waals surface area (Å²) in [6.45, 7) is 3.36. The molecule has 132 valence electrons. The molecule has 1 unspecified atom stereocenters. The van der Waals surface area contributed by atoms with Crippen molar-refractivity contribution in [2.24, 2.45) is 5.92 Å². The molecule has 0 radical (unpaired) electrons. The minimum Gasteiger partial charge on any atom is -0.356 e. The van der Waals surface area contributed by atoms with Crippen LogP contribution in [0.3, 0.4) is 0 Å². The van der Waals surface area contributed by atoms with E-state index in [1.54, 1.807) is 17.0 Å². The lowest BCUT2D eigenvalue weighted by Gasteiger charge is -2.16. The summed E-state index contributed by atoms with van der Waals surface area (Å²) >= 11 is 5.88.